The van der Waals surface area contributed by atoms with Gasteiger partial charge in [0.1, 0.15) is 5.82 Å². The van der Waals surface area contributed by atoms with Gasteiger partial charge in [0.2, 0.25) is 0 Å². The Bertz CT molecular complexity index is 971. The Kier molecular flexibility index (Phi) is 5.01. The van der Waals surface area contributed by atoms with Crippen molar-refractivity contribution in [3.8, 4) is 0 Å². The van der Waals surface area contributed by atoms with Crippen molar-refractivity contribution >= 4 is 40.2 Å². The minimum Gasteiger partial charge on any atom is -0.462 e. The quantitative estimate of drug-likeness (QED) is 0.586. The molecule has 1 heterocycles. The van der Waals surface area contributed by atoms with Gasteiger partial charge in [-0.2, -0.15) is 0 Å². The average Bonchev–Trinajstić information content (AvgIpc) is 2.87. The van der Waals surface area contributed by atoms with Crippen molar-refractivity contribution < 1.29 is 18.3 Å². The third-order valence-electron chi connectivity index (χ3n) is 3.59. The third kappa shape index (κ3) is 3.50. The van der Waals surface area contributed by atoms with Crippen LogP contribution in [0.25, 0.3) is 10.9 Å². The molecule has 3 nitrogen and oxygen atoms in total. The van der Waals surface area contributed by atoms with E-state index in [1.165, 1.54) is 23.9 Å². The zero-order valence-corrected chi connectivity index (χ0v) is 15.0. The molecule has 0 unspecified atom stereocenters. The van der Waals surface area contributed by atoms with E-state index in [0.29, 0.717) is 15.8 Å². The van der Waals surface area contributed by atoms with Gasteiger partial charge in [0.05, 0.1) is 22.7 Å². The van der Waals surface area contributed by atoms with Gasteiger partial charge in [0.25, 0.3) is 0 Å². The molecule has 3 aromatic rings. The summed E-state index contributed by atoms with van der Waals surface area (Å²) < 4.78 is 32.9. The second-order valence-corrected chi connectivity index (χ2v) is 6.85. The molecule has 0 atom stereocenters. The molecule has 0 saturated carbocycles. The zero-order valence-electron chi connectivity index (χ0n) is 13.5. The fourth-order valence-electron chi connectivity index (χ4n) is 2.51. The highest BCUT2D eigenvalue weighted by Crippen LogP contribution is 2.39. The van der Waals surface area contributed by atoms with Gasteiger partial charge in [-0.1, -0.05) is 23.4 Å². The number of esters is 1. The van der Waals surface area contributed by atoms with Crippen molar-refractivity contribution in [3.63, 3.8) is 0 Å². The Morgan fingerprint density at radius 1 is 1.28 bits per heavy atom. The highest BCUT2D eigenvalue weighted by molar-refractivity contribution is 7.99. The van der Waals surface area contributed by atoms with Crippen LogP contribution >= 0.6 is 23.4 Å². The normalized spacial score (nSPS) is 11.1. The Morgan fingerprint density at radius 3 is 2.76 bits per heavy atom. The van der Waals surface area contributed by atoms with Crippen molar-refractivity contribution in [3.05, 3.63) is 58.2 Å². The van der Waals surface area contributed by atoms with E-state index in [9.17, 15) is 13.6 Å². The van der Waals surface area contributed by atoms with E-state index in [0.717, 1.165) is 16.7 Å². The predicted molar refractivity (Wildman–Crippen MR) is 94.5 cm³/mol. The van der Waals surface area contributed by atoms with E-state index in [2.05, 4.69) is 4.98 Å². The van der Waals surface area contributed by atoms with Gasteiger partial charge in [-0.3, -0.25) is 0 Å². The van der Waals surface area contributed by atoms with E-state index in [1.807, 2.05) is 0 Å². The van der Waals surface area contributed by atoms with Crippen LogP contribution in [0.1, 0.15) is 23.0 Å². The van der Waals surface area contributed by atoms with E-state index in [1.54, 1.807) is 26.0 Å². The molecular weight excluding hydrogens is 368 g/mol. The lowest BCUT2D eigenvalue weighted by Gasteiger charge is -2.06. The van der Waals surface area contributed by atoms with Gasteiger partial charge in [-0.15, -0.1) is 0 Å². The van der Waals surface area contributed by atoms with Crippen LogP contribution in [0.4, 0.5) is 8.78 Å². The van der Waals surface area contributed by atoms with Gasteiger partial charge in [0, 0.05) is 20.9 Å². The van der Waals surface area contributed by atoms with Gasteiger partial charge in [0.15, 0.2) is 5.82 Å². The topological polar surface area (TPSA) is 42.1 Å². The van der Waals surface area contributed by atoms with E-state index in [-0.39, 0.29) is 17.2 Å². The number of benzene rings is 2. The summed E-state index contributed by atoms with van der Waals surface area (Å²) >= 11 is 7.05. The van der Waals surface area contributed by atoms with Crippen molar-refractivity contribution in [1.29, 1.82) is 0 Å². The van der Waals surface area contributed by atoms with Gasteiger partial charge in [-0.05, 0) is 44.2 Å². The average molecular weight is 382 g/mol. The highest BCUT2D eigenvalue weighted by Gasteiger charge is 2.17. The Labute approximate surface area is 152 Å². The number of halogens is 3. The second kappa shape index (κ2) is 7.06. The highest BCUT2D eigenvalue weighted by atomic mass is 35.5. The zero-order chi connectivity index (χ0) is 18.1. The molecule has 3 rings (SSSR count). The summed E-state index contributed by atoms with van der Waals surface area (Å²) in [5, 5.41) is 0.673. The van der Waals surface area contributed by atoms with E-state index in [4.69, 9.17) is 16.3 Å². The van der Waals surface area contributed by atoms with Crippen molar-refractivity contribution in [2.24, 2.45) is 0 Å². The fraction of sp³-hybridized carbons (Fsp3) is 0.167. The Balaban J connectivity index is 2.03. The maximum Gasteiger partial charge on any atom is 0.338 e. The SMILES string of the molecule is CCOC(=O)c1cc(F)cc(Sc2c(C)[nH]c3c(F)c(Cl)ccc23)c1. The summed E-state index contributed by atoms with van der Waals surface area (Å²) in [6.07, 6.45) is 0. The largest absolute Gasteiger partial charge is 0.462 e. The maximum atomic E-state index is 14.2. The smallest absolute Gasteiger partial charge is 0.338 e. The molecule has 0 radical (unpaired) electrons. The van der Waals surface area contributed by atoms with Gasteiger partial charge < -0.3 is 9.72 Å². The summed E-state index contributed by atoms with van der Waals surface area (Å²) in [7, 11) is 0. The summed E-state index contributed by atoms with van der Waals surface area (Å²) in [6, 6.07) is 7.18. The first-order valence-electron chi connectivity index (χ1n) is 7.52. The second-order valence-electron chi connectivity index (χ2n) is 5.36. The van der Waals surface area contributed by atoms with Crippen molar-refractivity contribution in [2.45, 2.75) is 23.6 Å². The lowest BCUT2D eigenvalue weighted by Crippen LogP contribution is -2.05. The Morgan fingerprint density at radius 2 is 2.04 bits per heavy atom. The molecule has 0 fully saturated rings. The molecule has 0 aliphatic heterocycles. The number of fused-ring (bicyclic) bond motifs is 1. The van der Waals surface area contributed by atoms with Crippen LogP contribution < -0.4 is 0 Å². The van der Waals surface area contributed by atoms with Gasteiger partial charge in [-0.25, -0.2) is 13.6 Å². The molecular formula is C18H14ClF2NO2S. The minimum absolute atomic E-state index is 0.0284. The number of nitrogens with one attached hydrogen (secondary N) is 1. The summed E-state index contributed by atoms with van der Waals surface area (Å²) in [5.41, 5.74) is 1.16. The number of rotatable bonds is 4. The number of H-pyrrole nitrogens is 1. The monoisotopic (exact) mass is 381 g/mol. The first-order valence-corrected chi connectivity index (χ1v) is 8.72. The molecule has 1 aromatic heterocycles. The molecule has 2 aromatic carbocycles. The lowest BCUT2D eigenvalue weighted by atomic mass is 10.2. The molecule has 25 heavy (non-hydrogen) atoms. The Hall–Kier alpha value is -2.05. The standard InChI is InChI=1S/C18H14ClF2NO2S/c1-3-24-18(23)10-6-11(20)8-12(7-10)25-17-9(2)22-16-13(17)4-5-14(19)15(16)21/h4-8,22H,3H2,1-2H3. The molecule has 130 valence electrons. The molecule has 0 bridgehead atoms. The van der Waals surface area contributed by atoms with Crippen LogP contribution in [0, 0.1) is 18.6 Å². The third-order valence-corrected chi connectivity index (χ3v) is 5.09. The predicted octanol–water partition coefficient (Wildman–Crippen LogP) is 5.74. The number of carbonyl (C=O) groups excluding carboxylic acids is 1. The lowest BCUT2D eigenvalue weighted by molar-refractivity contribution is 0.0525. The molecule has 0 saturated heterocycles. The number of aromatic nitrogens is 1. The number of hydrogen-bond donors (Lipinski definition) is 1. The van der Waals surface area contributed by atoms with Crippen molar-refractivity contribution in [1.82, 2.24) is 4.98 Å². The van der Waals surface area contributed by atoms with E-state index < -0.39 is 17.6 Å². The molecule has 7 heteroatoms. The fourth-order valence-corrected chi connectivity index (χ4v) is 3.75. The van der Waals surface area contributed by atoms with Crippen LogP contribution in [-0.4, -0.2) is 17.6 Å². The summed E-state index contributed by atoms with van der Waals surface area (Å²) in [4.78, 5) is 16.1. The summed E-state index contributed by atoms with van der Waals surface area (Å²) in [6.45, 7) is 3.68. The maximum absolute atomic E-state index is 14.2. The minimum atomic E-state index is -0.586. The first-order chi connectivity index (χ1) is 11.9. The van der Waals surface area contributed by atoms with Crippen LogP contribution in [-0.2, 0) is 4.74 Å². The number of aromatic amines is 1. The summed E-state index contributed by atoms with van der Waals surface area (Å²) in [5.74, 6) is -1.65. The van der Waals surface area contributed by atoms with Crippen molar-refractivity contribution in [2.75, 3.05) is 6.61 Å². The number of ether oxygens (including phenoxy) is 1. The van der Waals surface area contributed by atoms with Crippen LogP contribution in [0.3, 0.4) is 0 Å². The number of carbonyl (C=O) groups is 1. The van der Waals surface area contributed by atoms with Crippen LogP contribution in [0.15, 0.2) is 40.1 Å². The molecule has 0 spiro atoms. The van der Waals surface area contributed by atoms with Gasteiger partial charge >= 0.3 is 5.97 Å². The van der Waals surface area contributed by atoms with E-state index >= 15 is 0 Å². The number of aryl methyl sites for hydroxylation is 1. The molecule has 0 amide bonds. The van der Waals surface area contributed by atoms with Crippen LogP contribution in [0.5, 0.6) is 0 Å². The molecule has 0 aliphatic carbocycles. The first kappa shape index (κ1) is 17.8. The number of hydrogen-bond acceptors (Lipinski definition) is 3. The molecule has 0 aliphatic rings. The molecule has 1 N–H and O–H groups in total. The van der Waals surface area contributed by atoms with Crippen LogP contribution in [0.2, 0.25) is 5.02 Å².